The summed E-state index contributed by atoms with van der Waals surface area (Å²) in [5.74, 6) is 0.557. The Hall–Kier alpha value is -3.85. The molecule has 1 amide bonds. The molecule has 1 saturated heterocycles. The molecule has 4 aromatic rings. The highest BCUT2D eigenvalue weighted by Crippen LogP contribution is 2.24. The van der Waals surface area contributed by atoms with Crippen molar-refractivity contribution >= 4 is 22.6 Å². The zero-order valence-corrected chi connectivity index (χ0v) is 20.2. The molecule has 9 nitrogen and oxygen atoms in total. The maximum Gasteiger partial charge on any atom is 0.257 e. The molecule has 0 atom stereocenters. The number of benzene rings is 1. The molecule has 1 N–H and O–H groups in total. The summed E-state index contributed by atoms with van der Waals surface area (Å²) in [7, 11) is 1.88. The number of pyridine rings is 1. The Bertz CT molecular complexity index is 1340. The number of hydrogen-bond donors (Lipinski definition) is 1. The zero-order valence-electron chi connectivity index (χ0n) is 20.2. The Morgan fingerprint density at radius 2 is 1.91 bits per heavy atom. The fraction of sp³-hybridized carbons (Fsp3) is 0.346. The van der Waals surface area contributed by atoms with Gasteiger partial charge in [0.1, 0.15) is 6.10 Å². The summed E-state index contributed by atoms with van der Waals surface area (Å²) in [6.07, 6.45) is 7.37. The normalized spacial score (nSPS) is 15.0. The molecule has 3 aromatic heterocycles. The van der Waals surface area contributed by atoms with Crippen molar-refractivity contribution in [1.29, 1.82) is 0 Å². The molecule has 0 aliphatic carbocycles. The number of piperidine rings is 1. The number of aryl methyl sites for hydroxylation is 1. The second-order valence-corrected chi connectivity index (χ2v) is 9.19. The quantitative estimate of drug-likeness (QED) is 0.455. The van der Waals surface area contributed by atoms with Gasteiger partial charge in [0.25, 0.3) is 5.91 Å². The van der Waals surface area contributed by atoms with E-state index >= 15 is 0 Å². The molecule has 1 aliphatic heterocycles. The number of carbonyl (C=O) groups is 1. The number of anilines is 1. The first-order valence-corrected chi connectivity index (χ1v) is 11.9. The topological polar surface area (TPSA) is 98.1 Å². The van der Waals surface area contributed by atoms with Gasteiger partial charge in [0.2, 0.25) is 5.88 Å². The number of amides is 1. The molecule has 0 radical (unpaired) electrons. The van der Waals surface area contributed by atoms with Gasteiger partial charge in [-0.2, -0.15) is 5.10 Å². The summed E-state index contributed by atoms with van der Waals surface area (Å²) in [5.41, 5.74) is 3.24. The number of aromatic nitrogens is 5. The van der Waals surface area contributed by atoms with Crippen molar-refractivity contribution in [2.24, 2.45) is 7.05 Å². The third-order valence-corrected chi connectivity index (χ3v) is 6.36. The molecule has 1 fully saturated rings. The van der Waals surface area contributed by atoms with Crippen molar-refractivity contribution in [1.82, 2.24) is 29.9 Å². The van der Waals surface area contributed by atoms with Gasteiger partial charge in [0.15, 0.2) is 5.82 Å². The lowest BCUT2D eigenvalue weighted by molar-refractivity contribution is 0.0810. The number of hydrogen-bond acceptors (Lipinski definition) is 7. The number of rotatable bonds is 6. The van der Waals surface area contributed by atoms with E-state index in [-0.39, 0.29) is 12.0 Å². The maximum absolute atomic E-state index is 12.9. The van der Waals surface area contributed by atoms with Crippen LogP contribution in [0.1, 0.15) is 37.0 Å². The van der Waals surface area contributed by atoms with Gasteiger partial charge in [-0.05, 0) is 56.5 Å². The number of fused-ring (bicyclic) bond motifs is 1. The predicted octanol–water partition coefficient (Wildman–Crippen LogP) is 3.93. The van der Waals surface area contributed by atoms with Gasteiger partial charge in [-0.15, -0.1) is 10.2 Å². The molecule has 0 saturated carbocycles. The minimum absolute atomic E-state index is 0.108. The van der Waals surface area contributed by atoms with Crippen LogP contribution in [0.15, 0.2) is 55.0 Å². The predicted molar refractivity (Wildman–Crippen MR) is 134 cm³/mol. The molecule has 5 rings (SSSR count). The van der Waals surface area contributed by atoms with Gasteiger partial charge in [-0.25, -0.2) is 4.98 Å². The highest BCUT2D eigenvalue weighted by atomic mass is 16.5. The summed E-state index contributed by atoms with van der Waals surface area (Å²) in [6.45, 7) is 6.44. The minimum Gasteiger partial charge on any atom is -0.474 e. The highest BCUT2D eigenvalue weighted by Gasteiger charge is 2.22. The van der Waals surface area contributed by atoms with Crippen molar-refractivity contribution in [2.75, 3.05) is 18.4 Å². The van der Waals surface area contributed by atoms with Crippen LogP contribution in [0.2, 0.25) is 0 Å². The second-order valence-electron chi connectivity index (χ2n) is 9.19. The van der Waals surface area contributed by atoms with Crippen LogP contribution in [0.25, 0.3) is 22.0 Å². The first-order chi connectivity index (χ1) is 16.9. The molecule has 9 heteroatoms. The Morgan fingerprint density at radius 3 is 2.66 bits per heavy atom. The fourth-order valence-electron chi connectivity index (χ4n) is 4.34. The highest BCUT2D eigenvalue weighted by molar-refractivity contribution is 6.04. The average Bonchev–Trinajstić information content (AvgIpc) is 3.30. The van der Waals surface area contributed by atoms with Crippen molar-refractivity contribution < 1.29 is 9.53 Å². The first-order valence-electron chi connectivity index (χ1n) is 11.9. The minimum atomic E-state index is -0.288. The van der Waals surface area contributed by atoms with Crippen LogP contribution in [0.3, 0.4) is 0 Å². The van der Waals surface area contributed by atoms with E-state index < -0.39 is 0 Å². The lowest BCUT2D eigenvalue weighted by Crippen LogP contribution is -2.41. The molecule has 35 heavy (non-hydrogen) atoms. The summed E-state index contributed by atoms with van der Waals surface area (Å²) >= 11 is 0. The summed E-state index contributed by atoms with van der Waals surface area (Å²) in [4.78, 5) is 19.7. The first kappa shape index (κ1) is 22.9. The van der Waals surface area contributed by atoms with E-state index in [1.54, 1.807) is 23.0 Å². The smallest absolute Gasteiger partial charge is 0.257 e. The van der Waals surface area contributed by atoms with Gasteiger partial charge >= 0.3 is 0 Å². The number of nitrogens with zero attached hydrogens (tertiary/aromatic N) is 6. The van der Waals surface area contributed by atoms with Crippen LogP contribution in [0, 0.1) is 0 Å². The van der Waals surface area contributed by atoms with Crippen molar-refractivity contribution in [3.8, 4) is 17.0 Å². The van der Waals surface area contributed by atoms with Gasteiger partial charge < -0.3 is 15.0 Å². The lowest BCUT2D eigenvalue weighted by atomic mass is 10.1. The van der Waals surface area contributed by atoms with Crippen molar-refractivity contribution in [3.63, 3.8) is 0 Å². The lowest BCUT2D eigenvalue weighted by Gasteiger charge is -2.34. The Balaban J connectivity index is 1.27. The van der Waals surface area contributed by atoms with Crippen LogP contribution in [-0.2, 0) is 7.05 Å². The van der Waals surface area contributed by atoms with Crippen LogP contribution in [0.4, 0.5) is 5.82 Å². The molecule has 0 spiro atoms. The summed E-state index contributed by atoms with van der Waals surface area (Å²) < 4.78 is 7.85. The van der Waals surface area contributed by atoms with Gasteiger partial charge in [-0.1, -0.05) is 6.07 Å². The van der Waals surface area contributed by atoms with Crippen LogP contribution >= 0.6 is 0 Å². The van der Waals surface area contributed by atoms with Crippen LogP contribution in [-0.4, -0.2) is 61.0 Å². The Morgan fingerprint density at radius 1 is 1.09 bits per heavy atom. The fourth-order valence-corrected chi connectivity index (χ4v) is 4.34. The number of nitrogens with one attached hydrogen (secondary N) is 1. The number of ether oxygens (including phenoxy) is 1. The van der Waals surface area contributed by atoms with Crippen molar-refractivity contribution in [3.05, 3.63) is 60.6 Å². The monoisotopic (exact) mass is 471 g/mol. The second kappa shape index (κ2) is 9.79. The third kappa shape index (κ3) is 5.30. The van der Waals surface area contributed by atoms with Gasteiger partial charge in [0.05, 0.1) is 11.7 Å². The molecule has 180 valence electrons. The van der Waals surface area contributed by atoms with E-state index in [2.05, 4.69) is 44.3 Å². The average molecular weight is 472 g/mol. The number of likely N-dealkylation sites (tertiary alicyclic amines) is 1. The van der Waals surface area contributed by atoms with E-state index in [9.17, 15) is 4.79 Å². The standard InChI is InChI=1S/C26H29N7O2/c1-17(2)33-10-7-22(8-11-33)35-25-14-19(6-9-27-25)26(34)29-24-13-20-12-18(4-5-23(20)30-31-24)21-15-28-32(3)16-21/h4-6,9,12-17,22H,7-8,10-11H2,1-3H3,(H,29,31,34). The molecule has 1 aliphatic rings. The third-order valence-electron chi connectivity index (χ3n) is 6.36. The van der Waals surface area contributed by atoms with E-state index in [4.69, 9.17) is 4.74 Å². The zero-order chi connectivity index (χ0) is 24.4. The maximum atomic E-state index is 12.9. The van der Waals surface area contributed by atoms with Crippen LogP contribution < -0.4 is 10.1 Å². The van der Waals surface area contributed by atoms with E-state index in [1.807, 2.05) is 43.7 Å². The Labute approximate surface area is 204 Å². The molecule has 0 unspecified atom stereocenters. The van der Waals surface area contributed by atoms with Gasteiger partial charge in [-0.3, -0.25) is 9.48 Å². The molecule has 0 bridgehead atoms. The molecule has 4 heterocycles. The van der Waals surface area contributed by atoms with E-state index in [0.29, 0.717) is 23.3 Å². The molecular formula is C26H29N7O2. The number of carbonyl (C=O) groups excluding carboxylic acids is 1. The largest absolute Gasteiger partial charge is 0.474 e. The van der Waals surface area contributed by atoms with Crippen LogP contribution in [0.5, 0.6) is 5.88 Å². The summed E-state index contributed by atoms with van der Waals surface area (Å²) in [5, 5.41) is 16.4. The van der Waals surface area contributed by atoms with E-state index in [1.165, 1.54) is 0 Å². The Kier molecular flexibility index (Phi) is 6.41. The SMILES string of the molecule is CC(C)N1CCC(Oc2cc(C(=O)Nc3cc4cc(-c5cnn(C)c5)ccc4nn3)ccn2)CC1. The van der Waals surface area contributed by atoms with Gasteiger partial charge in [0, 0.05) is 61.2 Å². The van der Waals surface area contributed by atoms with Crippen molar-refractivity contribution in [2.45, 2.75) is 38.8 Å². The molecule has 1 aromatic carbocycles. The van der Waals surface area contributed by atoms with E-state index in [0.717, 1.165) is 48.0 Å². The molecular weight excluding hydrogens is 442 g/mol. The summed E-state index contributed by atoms with van der Waals surface area (Å²) in [6, 6.07) is 11.6.